The van der Waals surface area contributed by atoms with Crippen LogP contribution >= 0.6 is 0 Å². The number of hydrogen-bond donors (Lipinski definition) is 0. The predicted octanol–water partition coefficient (Wildman–Crippen LogP) is 9.66. The molecule has 2 heterocycles. The first-order valence-corrected chi connectivity index (χ1v) is 13.2. The normalized spacial score (nSPS) is 12.1. The van der Waals surface area contributed by atoms with E-state index in [1.165, 1.54) is 38.4 Å². The Morgan fingerprint density at radius 3 is 1.74 bits per heavy atom. The minimum atomic E-state index is 0.850. The molecule has 39 heavy (non-hydrogen) atoms. The van der Waals surface area contributed by atoms with Gasteiger partial charge in [0.15, 0.2) is 0 Å². The van der Waals surface area contributed by atoms with Crippen LogP contribution in [0.5, 0.6) is 0 Å². The number of rotatable bonds is 2. The summed E-state index contributed by atoms with van der Waals surface area (Å²) in [5, 5.41) is 4.84. The fourth-order valence-electron chi connectivity index (χ4n) is 6.31. The van der Waals surface area contributed by atoms with Crippen molar-refractivity contribution < 1.29 is 4.42 Å². The van der Waals surface area contributed by atoms with Crippen LogP contribution in [0.4, 0.5) is 0 Å². The molecule has 0 fully saturated rings. The van der Waals surface area contributed by atoms with Gasteiger partial charge < -0.3 is 4.42 Å². The van der Waals surface area contributed by atoms with Crippen molar-refractivity contribution >= 4 is 43.7 Å². The average molecular weight is 497 g/mol. The van der Waals surface area contributed by atoms with E-state index in [1.54, 1.807) is 0 Å². The fourth-order valence-corrected chi connectivity index (χ4v) is 6.31. The molecule has 0 aliphatic heterocycles. The molecule has 6 aromatic carbocycles. The third-order valence-corrected chi connectivity index (χ3v) is 7.97. The van der Waals surface area contributed by atoms with Crippen molar-refractivity contribution in [2.75, 3.05) is 0 Å². The lowest BCUT2D eigenvalue weighted by atomic mass is 9.92. The summed E-state index contributed by atoms with van der Waals surface area (Å²) in [6.07, 6.45) is 0. The first kappa shape index (κ1) is 20.7. The highest BCUT2D eigenvalue weighted by Gasteiger charge is 2.25. The number of fused-ring (bicyclic) bond motifs is 3. The molecule has 0 saturated heterocycles. The second-order valence-corrected chi connectivity index (χ2v) is 10.2. The van der Waals surface area contributed by atoms with Gasteiger partial charge in [0.1, 0.15) is 11.2 Å². The van der Waals surface area contributed by atoms with Crippen LogP contribution in [0.3, 0.4) is 0 Å². The van der Waals surface area contributed by atoms with Crippen LogP contribution in [-0.4, -0.2) is 9.97 Å². The first-order chi connectivity index (χ1) is 19.3. The molecule has 0 saturated carbocycles. The van der Waals surface area contributed by atoms with Crippen molar-refractivity contribution in [3.63, 3.8) is 0 Å². The first-order valence-electron chi connectivity index (χ1n) is 13.2. The summed E-state index contributed by atoms with van der Waals surface area (Å²) in [5.74, 6) is 0. The van der Waals surface area contributed by atoms with Gasteiger partial charge in [-0.3, -0.25) is 0 Å². The van der Waals surface area contributed by atoms with Crippen molar-refractivity contribution in [2.45, 2.75) is 0 Å². The zero-order chi connectivity index (χ0) is 25.5. The van der Waals surface area contributed by atoms with Crippen molar-refractivity contribution in [1.82, 2.24) is 9.97 Å². The zero-order valence-electron chi connectivity index (χ0n) is 20.8. The average Bonchev–Trinajstić information content (AvgIpc) is 3.33. The molecule has 0 bridgehead atoms. The Morgan fingerprint density at radius 1 is 0.410 bits per heavy atom. The highest BCUT2D eigenvalue weighted by atomic mass is 16.3. The van der Waals surface area contributed by atoms with Gasteiger partial charge in [-0.25, -0.2) is 9.97 Å². The Balaban J connectivity index is 1.45. The van der Waals surface area contributed by atoms with Crippen LogP contribution in [0, 0.1) is 0 Å². The number of hydrogen-bond acceptors (Lipinski definition) is 3. The van der Waals surface area contributed by atoms with Crippen LogP contribution in [0.15, 0.2) is 126 Å². The molecule has 1 aliphatic rings. The summed E-state index contributed by atoms with van der Waals surface area (Å²) >= 11 is 0. The highest BCUT2D eigenvalue weighted by molar-refractivity contribution is 6.26. The van der Waals surface area contributed by atoms with E-state index in [9.17, 15) is 0 Å². The minimum Gasteiger partial charge on any atom is -0.456 e. The third kappa shape index (κ3) is 2.87. The SMILES string of the molecule is c1ccc(-c2nc3ccccc3nc2-c2cc3c4c(c2)oc2cccc(c24)-c2cccc4cccc-3c24)cc1. The molecule has 0 radical (unpaired) electrons. The van der Waals surface area contributed by atoms with Gasteiger partial charge in [-0.05, 0) is 63.4 Å². The second kappa shape index (κ2) is 7.62. The van der Waals surface area contributed by atoms with Crippen molar-refractivity contribution in [3.8, 4) is 44.8 Å². The topological polar surface area (TPSA) is 38.9 Å². The Labute approximate surface area is 224 Å². The molecule has 3 nitrogen and oxygen atoms in total. The van der Waals surface area contributed by atoms with Crippen LogP contribution < -0.4 is 0 Å². The second-order valence-electron chi connectivity index (χ2n) is 10.2. The van der Waals surface area contributed by atoms with Crippen LogP contribution in [0.2, 0.25) is 0 Å². The van der Waals surface area contributed by atoms with Crippen molar-refractivity contribution in [2.24, 2.45) is 0 Å². The molecule has 9 rings (SSSR count). The maximum Gasteiger partial charge on any atom is 0.136 e. The molecule has 0 amide bonds. The Kier molecular flexibility index (Phi) is 4.05. The smallest absolute Gasteiger partial charge is 0.136 e. The van der Waals surface area contributed by atoms with Crippen LogP contribution in [-0.2, 0) is 0 Å². The molecule has 0 spiro atoms. The highest BCUT2D eigenvalue weighted by Crippen LogP contribution is 2.50. The molecule has 1 aliphatic carbocycles. The summed E-state index contributed by atoms with van der Waals surface area (Å²) in [7, 11) is 0. The molecule has 8 aromatic rings. The van der Waals surface area contributed by atoms with E-state index in [0.29, 0.717) is 0 Å². The van der Waals surface area contributed by atoms with Crippen molar-refractivity contribution in [3.05, 3.63) is 121 Å². The summed E-state index contributed by atoms with van der Waals surface area (Å²) in [4.78, 5) is 10.3. The van der Waals surface area contributed by atoms with E-state index >= 15 is 0 Å². The molecule has 180 valence electrons. The maximum atomic E-state index is 6.57. The number of para-hydroxylation sites is 2. The number of aromatic nitrogens is 2. The van der Waals surface area contributed by atoms with Gasteiger partial charge in [0.05, 0.1) is 22.4 Å². The molecule has 3 heteroatoms. The number of benzene rings is 6. The summed E-state index contributed by atoms with van der Waals surface area (Å²) in [6, 6.07) is 42.4. The fraction of sp³-hybridized carbons (Fsp3) is 0. The van der Waals surface area contributed by atoms with Crippen LogP contribution in [0.25, 0.3) is 88.5 Å². The standard InChI is InChI=1S/C36H20N2O/c1-2-9-22(10-3-1)35-36(38-29-17-5-4-16-28(29)37-35)23-19-27-26-14-7-12-21-11-6-13-24(32(21)26)25-15-8-18-30-33(25)34(27)31(20-23)39-30/h1-20H. The number of furan rings is 1. The van der Waals surface area contributed by atoms with Gasteiger partial charge in [0.2, 0.25) is 0 Å². The van der Waals surface area contributed by atoms with E-state index in [2.05, 4.69) is 78.9 Å². The van der Waals surface area contributed by atoms with Gasteiger partial charge in [0, 0.05) is 21.9 Å². The monoisotopic (exact) mass is 496 g/mol. The molecule has 0 N–H and O–H groups in total. The Hall–Kier alpha value is -5.28. The molecule has 0 unspecified atom stereocenters. The van der Waals surface area contributed by atoms with Crippen LogP contribution in [0.1, 0.15) is 0 Å². The number of nitrogens with zero attached hydrogens (tertiary/aromatic N) is 2. The third-order valence-electron chi connectivity index (χ3n) is 7.97. The summed E-state index contributed by atoms with van der Waals surface area (Å²) in [5.41, 5.74) is 12.1. The molecular weight excluding hydrogens is 476 g/mol. The summed E-state index contributed by atoms with van der Waals surface area (Å²) in [6.45, 7) is 0. The van der Waals surface area contributed by atoms with E-state index in [-0.39, 0.29) is 0 Å². The van der Waals surface area contributed by atoms with Gasteiger partial charge >= 0.3 is 0 Å². The van der Waals surface area contributed by atoms with Crippen molar-refractivity contribution in [1.29, 1.82) is 0 Å². The lowest BCUT2D eigenvalue weighted by Crippen LogP contribution is -1.96. The molecule has 0 atom stereocenters. The quantitative estimate of drug-likeness (QED) is 0.239. The lowest BCUT2D eigenvalue weighted by Gasteiger charge is -2.14. The largest absolute Gasteiger partial charge is 0.456 e. The minimum absolute atomic E-state index is 0.850. The van der Waals surface area contributed by atoms with E-state index < -0.39 is 0 Å². The Morgan fingerprint density at radius 2 is 1.00 bits per heavy atom. The van der Waals surface area contributed by atoms with Gasteiger partial charge in [-0.2, -0.15) is 0 Å². The van der Waals surface area contributed by atoms with E-state index in [4.69, 9.17) is 14.4 Å². The molecule has 2 aromatic heterocycles. The van der Waals surface area contributed by atoms with Gasteiger partial charge in [-0.15, -0.1) is 0 Å². The lowest BCUT2D eigenvalue weighted by molar-refractivity contribution is 0.669. The Bertz CT molecular complexity index is 2270. The van der Waals surface area contributed by atoms with E-state index in [0.717, 1.165) is 50.1 Å². The van der Waals surface area contributed by atoms with Gasteiger partial charge in [0.25, 0.3) is 0 Å². The van der Waals surface area contributed by atoms with Gasteiger partial charge in [-0.1, -0.05) is 91.0 Å². The van der Waals surface area contributed by atoms with E-state index in [1.807, 2.05) is 42.5 Å². The summed E-state index contributed by atoms with van der Waals surface area (Å²) < 4.78 is 6.57. The molecular formula is C36H20N2O. The predicted molar refractivity (Wildman–Crippen MR) is 160 cm³/mol. The maximum absolute atomic E-state index is 6.57. The zero-order valence-corrected chi connectivity index (χ0v) is 20.8.